The van der Waals surface area contributed by atoms with Gasteiger partial charge >= 0.3 is 0 Å². The van der Waals surface area contributed by atoms with E-state index in [1.165, 1.54) is 24.3 Å². The van der Waals surface area contributed by atoms with Gasteiger partial charge in [0.25, 0.3) is 0 Å². The number of carbonyl (C=O) groups excluding carboxylic acids is 2. The molecule has 1 aliphatic heterocycles. The highest BCUT2D eigenvalue weighted by Gasteiger charge is 2.14. The lowest BCUT2D eigenvalue weighted by molar-refractivity contribution is -0.123. The van der Waals surface area contributed by atoms with Crippen LogP contribution in [0.1, 0.15) is 5.56 Å². The number of ether oxygens (including phenoxy) is 2. The molecule has 1 heterocycles. The number of rotatable bonds is 7. The first-order valence-corrected chi connectivity index (χ1v) is 8.39. The Morgan fingerprint density at radius 2 is 1.74 bits per heavy atom. The molecule has 0 atom stereocenters. The van der Waals surface area contributed by atoms with Gasteiger partial charge in [-0.05, 0) is 49.0 Å². The molecule has 3 rings (SSSR count). The fraction of sp³-hybridized carbons (Fsp3) is 0.263. The maximum absolute atomic E-state index is 12.9. The Bertz CT molecular complexity index is 826. The molecule has 0 unspecified atom stereocenters. The monoisotopic (exact) mass is 373 g/mol. The van der Waals surface area contributed by atoms with Crippen molar-refractivity contribution in [3.05, 3.63) is 53.8 Å². The molecule has 0 saturated carbocycles. The lowest BCUT2D eigenvalue weighted by atomic mass is 10.2. The number of hydrogen-bond acceptors (Lipinski definition) is 5. The molecule has 142 valence electrons. The fourth-order valence-corrected chi connectivity index (χ4v) is 2.59. The molecule has 0 radical (unpaired) electrons. The minimum atomic E-state index is -0.371. The highest BCUT2D eigenvalue weighted by atomic mass is 19.1. The molecule has 0 aromatic heterocycles. The highest BCUT2D eigenvalue weighted by molar-refractivity contribution is 5.92. The molecule has 27 heavy (non-hydrogen) atoms. The number of nitrogens with zero attached hydrogens (tertiary/aromatic N) is 1. The molecule has 7 nitrogen and oxygen atoms in total. The Morgan fingerprint density at radius 1 is 1.04 bits per heavy atom. The summed E-state index contributed by atoms with van der Waals surface area (Å²) in [7, 11) is 1.67. The topological polar surface area (TPSA) is 79.9 Å². The number of halogens is 1. The molecule has 0 bridgehead atoms. The molecule has 2 aromatic carbocycles. The summed E-state index contributed by atoms with van der Waals surface area (Å²) < 4.78 is 23.4. The van der Waals surface area contributed by atoms with Gasteiger partial charge in [-0.1, -0.05) is 6.07 Å². The Balaban J connectivity index is 1.40. The molecule has 0 spiro atoms. The standard InChI is InChI=1S/C19H20FN3O4/c1-23(11-19(25)22-15-5-3-14(20)4-6-15)10-18(24)21-9-13-2-7-16-17(8-13)27-12-26-16/h2-8H,9-12H2,1H3,(H,21,24)(H,22,25). The van der Waals surface area contributed by atoms with E-state index in [2.05, 4.69) is 10.6 Å². The smallest absolute Gasteiger partial charge is 0.238 e. The number of fused-ring (bicyclic) bond motifs is 1. The number of carbonyl (C=O) groups is 2. The summed E-state index contributed by atoms with van der Waals surface area (Å²) in [6.07, 6.45) is 0. The second-order valence-corrected chi connectivity index (χ2v) is 6.19. The summed E-state index contributed by atoms with van der Waals surface area (Å²) >= 11 is 0. The largest absolute Gasteiger partial charge is 0.454 e. The summed E-state index contributed by atoms with van der Waals surface area (Å²) in [5, 5.41) is 5.45. The van der Waals surface area contributed by atoms with Gasteiger partial charge in [-0.3, -0.25) is 14.5 Å². The number of hydrogen-bond donors (Lipinski definition) is 2. The van der Waals surface area contributed by atoms with Crippen molar-refractivity contribution in [1.82, 2.24) is 10.2 Å². The van der Waals surface area contributed by atoms with Crippen molar-refractivity contribution in [1.29, 1.82) is 0 Å². The van der Waals surface area contributed by atoms with Gasteiger partial charge in [0, 0.05) is 12.2 Å². The second kappa shape index (κ2) is 8.50. The highest BCUT2D eigenvalue weighted by Crippen LogP contribution is 2.32. The van der Waals surface area contributed by atoms with Crippen LogP contribution < -0.4 is 20.1 Å². The lowest BCUT2D eigenvalue weighted by Crippen LogP contribution is -2.38. The zero-order valence-corrected chi connectivity index (χ0v) is 14.8. The Kier molecular flexibility index (Phi) is 5.87. The third-order valence-corrected chi connectivity index (χ3v) is 3.88. The molecule has 0 saturated heterocycles. The van der Waals surface area contributed by atoms with Crippen LogP contribution in [0.15, 0.2) is 42.5 Å². The third-order valence-electron chi connectivity index (χ3n) is 3.88. The normalized spacial score (nSPS) is 12.1. The molecule has 0 aliphatic carbocycles. The van der Waals surface area contributed by atoms with Gasteiger partial charge in [-0.15, -0.1) is 0 Å². The van der Waals surface area contributed by atoms with E-state index < -0.39 is 0 Å². The summed E-state index contributed by atoms with van der Waals surface area (Å²) in [4.78, 5) is 25.6. The van der Waals surface area contributed by atoms with E-state index in [0.717, 1.165) is 5.56 Å². The van der Waals surface area contributed by atoms with Crippen molar-refractivity contribution in [3.8, 4) is 11.5 Å². The zero-order chi connectivity index (χ0) is 19.2. The average molecular weight is 373 g/mol. The van der Waals surface area contributed by atoms with Crippen LogP contribution in [0.4, 0.5) is 10.1 Å². The van der Waals surface area contributed by atoms with E-state index in [1.807, 2.05) is 12.1 Å². The van der Waals surface area contributed by atoms with Crippen LogP contribution in [0.25, 0.3) is 0 Å². The molecule has 8 heteroatoms. The van der Waals surface area contributed by atoms with Crippen LogP contribution in [0.5, 0.6) is 11.5 Å². The minimum Gasteiger partial charge on any atom is -0.454 e. The molecule has 1 aliphatic rings. The fourth-order valence-electron chi connectivity index (χ4n) is 2.59. The molecular weight excluding hydrogens is 353 g/mol. The van der Waals surface area contributed by atoms with E-state index in [4.69, 9.17) is 9.47 Å². The van der Waals surface area contributed by atoms with Gasteiger partial charge in [-0.25, -0.2) is 4.39 Å². The van der Waals surface area contributed by atoms with Gasteiger partial charge in [0.2, 0.25) is 18.6 Å². The van der Waals surface area contributed by atoms with Gasteiger partial charge in [0.05, 0.1) is 13.1 Å². The van der Waals surface area contributed by atoms with Crippen molar-refractivity contribution in [2.24, 2.45) is 0 Å². The predicted molar refractivity (Wildman–Crippen MR) is 96.9 cm³/mol. The third kappa shape index (κ3) is 5.42. The first-order chi connectivity index (χ1) is 13.0. The van der Waals surface area contributed by atoms with E-state index in [9.17, 15) is 14.0 Å². The molecule has 2 aromatic rings. The average Bonchev–Trinajstić information content (AvgIpc) is 3.09. The number of nitrogens with one attached hydrogen (secondary N) is 2. The van der Waals surface area contributed by atoms with Crippen LogP contribution in [0.3, 0.4) is 0 Å². The van der Waals surface area contributed by atoms with E-state index in [1.54, 1.807) is 18.0 Å². The number of anilines is 1. The van der Waals surface area contributed by atoms with E-state index in [-0.39, 0.29) is 37.5 Å². The molecule has 0 fully saturated rings. The molecule has 2 N–H and O–H groups in total. The van der Waals surface area contributed by atoms with Crippen LogP contribution in [-0.2, 0) is 16.1 Å². The van der Waals surface area contributed by atoms with Crippen molar-refractivity contribution < 1.29 is 23.5 Å². The van der Waals surface area contributed by atoms with Gasteiger partial charge in [-0.2, -0.15) is 0 Å². The first-order valence-electron chi connectivity index (χ1n) is 8.39. The summed E-state index contributed by atoms with van der Waals surface area (Å²) in [5.74, 6) is 0.495. The van der Waals surface area contributed by atoms with Crippen LogP contribution in [0, 0.1) is 5.82 Å². The van der Waals surface area contributed by atoms with Gasteiger partial charge in [0.1, 0.15) is 5.82 Å². The number of benzene rings is 2. The lowest BCUT2D eigenvalue weighted by Gasteiger charge is -2.16. The summed E-state index contributed by atoms with van der Waals surface area (Å²) in [6.45, 7) is 0.664. The summed E-state index contributed by atoms with van der Waals surface area (Å²) in [6, 6.07) is 11.0. The molecule has 2 amide bonds. The van der Waals surface area contributed by atoms with Gasteiger partial charge in [0.15, 0.2) is 11.5 Å². The van der Waals surface area contributed by atoms with Crippen LogP contribution >= 0.6 is 0 Å². The van der Waals surface area contributed by atoms with Crippen LogP contribution in [-0.4, -0.2) is 43.6 Å². The predicted octanol–water partition coefficient (Wildman–Crippen LogP) is 1.74. The van der Waals surface area contributed by atoms with Crippen molar-refractivity contribution in [2.75, 3.05) is 32.2 Å². The van der Waals surface area contributed by atoms with E-state index >= 15 is 0 Å². The van der Waals surface area contributed by atoms with Crippen LogP contribution in [0.2, 0.25) is 0 Å². The molecular formula is C19H20FN3O4. The van der Waals surface area contributed by atoms with Gasteiger partial charge < -0.3 is 20.1 Å². The SMILES string of the molecule is CN(CC(=O)NCc1ccc2c(c1)OCO2)CC(=O)Nc1ccc(F)cc1. The Labute approximate surface area is 156 Å². The maximum atomic E-state index is 12.9. The van der Waals surface area contributed by atoms with Crippen molar-refractivity contribution in [3.63, 3.8) is 0 Å². The number of amides is 2. The minimum absolute atomic E-state index is 0.0365. The van der Waals surface area contributed by atoms with Crippen molar-refractivity contribution in [2.45, 2.75) is 6.54 Å². The summed E-state index contributed by atoms with van der Waals surface area (Å²) in [5.41, 5.74) is 1.39. The zero-order valence-electron chi connectivity index (χ0n) is 14.8. The van der Waals surface area contributed by atoms with Crippen molar-refractivity contribution >= 4 is 17.5 Å². The quantitative estimate of drug-likeness (QED) is 0.773. The first kappa shape index (κ1) is 18.7. The second-order valence-electron chi connectivity index (χ2n) is 6.19. The van der Waals surface area contributed by atoms with E-state index in [0.29, 0.717) is 23.7 Å². The Morgan fingerprint density at radius 3 is 2.52 bits per heavy atom. The Hall–Kier alpha value is -3.13. The number of likely N-dealkylation sites (N-methyl/N-ethyl adjacent to an activating group) is 1. The maximum Gasteiger partial charge on any atom is 0.238 e.